The van der Waals surface area contributed by atoms with Crippen LogP contribution in [0.1, 0.15) is 31.4 Å². The van der Waals surface area contributed by atoms with Crippen molar-refractivity contribution < 1.29 is 5.21 Å². The molecule has 0 heterocycles. The third-order valence-electron chi connectivity index (χ3n) is 3.27. The molecule has 0 bridgehead atoms. The van der Waals surface area contributed by atoms with Gasteiger partial charge in [-0.05, 0) is 17.9 Å². The topological polar surface area (TPSA) is 70.6 Å². The molecule has 3 unspecified atom stereocenters. The van der Waals surface area contributed by atoms with Crippen LogP contribution in [0.4, 0.5) is 0 Å². The highest BCUT2D eigenvalue weighted by Gasteiger charge is 2.34. The molecule has 4 N–H and O–H groups in total. The molecule has 0 amide bonds. The Bertz CT molecular complexity index is 391. The lowest BCUT2D eigenvalue weighted by molar-refractivity contribution is 0.315. The maximum atomic E-state index is 8.67. The Morgan fingerprint density at radius 1 is 1.53 bits per heavy atom. The van der Waals surface area contributed by atoms with Crippen molar-refractivity contribution in [2.75, 3.05) is 0 Å². The Labute approximate surface area is 102 Å². The number of benzene rings is 1. The van der Waals surface area contributed by atoms with E-state index in [2.05, 4.69) is 29.5 Å². The number of rotatable bonds is 5. The molecule has 92 valence electrons. The minimum Gasteiger partial charge on any atom is -0.409 e. The largest absolute Gasteiger partial charge is 0.409 e. The molecule has 0 spiro atoms. The fraction of sp³-hybridized carbons (Fsp3) is 0.462. The second kappa shape index (κ2) is 5.19. The number of hydrogen-bond donors (Lipinski definition) is 3. The first-order valence-electron chi connectivity index (χ1n) is 5.98. The van der Waals surface area contributed by atoms with Crippen molar-refractivity contribution in [2.24, 2.45) is 16.8 Å². The van der Waals surface area contributed by atoms with Gasteiger partial charge in [0, 0.05) is 18.5 Å². The van der Waals surface area contributed by atoms with E-state index in [4.69, 9.17) is 10.9 Å². The van der Waals surface area contributed by atoms with Crippen molar-refractivity contribution in [2.45, 2.75) is 31.8 Å². The van der Waals surface area contributed by atoms with Crippen molar-refractivity contribution in [1.29, 1.82) is 0 Å². The van der Waals surface area contributed by atoms with Crippen molar-refractivity contribution in [3.05, 3.63) is 35.9 Å². The summed E-state index contributed by atoms with van der Waals surface area (Å²) in [6.45, 7) is 2.23. The molecule has 0 radical (unpaired) electrons. The van der Waals surface area contributed by atoms with Crippen LogP contribution in [-0.4, -0.2) is 17.1 Å². The summed E-state index contributed by atoms with van der Waals surface area (Å²) in [7, 11) is 0. The average Bonchev–Trinajstić information content (AvgIpc) is 3.05. The van der Waals surface area contributed by atoms with E-state index >= 15 is 0 Å². The van der Waals surface area contributed by atoms with E-state index in [1.807, 2.05) is 18.2 Å². The minimum absolute atomic E-state index is 0.127. The van der Waals surface area contributed by atoms with Crippen LogP contribution in [0.5, 0.6) is 0 Å². The molecule has 0 saturated heterocycles. The van der Waals surface area contributed by atoms with E-state index < -0.39 is 0 Å². The highest BCUT2D eigenvalue weighted by atomic mass is 16.4. The van der Waals surface area contributed by atoms with Crippen LogP contribution in [0, 0.1) is 5.92 Å². The van der Waals surface area contributed by atoms with Gasteiger partial charge in [0.1, 0.15) is 5.84 Å². The smallest absolute Gasteiger partial charge is 0.141 e. The van der Waals surface area contributed by atoms with Crippen molar-refractivity contribution >= 4 is 5.84 Å². The van der Waals surface area contributed by atoms with Gasteiger partial charge >= 0.3 is 0 Å². The van der Waals surface area contributed by atoms with Gasteiger partial charge in [-0.15, -0.1) is 0 Å². The van der Waals surface area contributed by atoms with Gasteiger partial charge in [-0.1, -0.05) is 42.4 Å². The molecular weight excluding hydrogens is 214 g/mol. The first kappa shape index (κ1) is 11.9. The van der Waals surface area contributed by atoms with E-state index in [1.165, 1.54) is 12.0 Å². The zero-order valence-electron chi connectivity index (χ0n) is 10.0. The van der Waals surface area contributed by atoms with E-state index in [0.29, 0.717) is 12.5 Å². The normalized spacial score (nSPS) is 25.6. The molecule has 1 aliphatic rings. The van der Waals surface area contributed by atoms with E-state index in [0.717, 1.165) is 5.92 Å². The van der Waals surface area contributed by atoms with Crippen LogP contribution in [0.15, 0.2) is 35.5 Å². The third kappa shape index (κ3) is 3.20. The second-order valence-electron chi connectivity index (χ2n) is 4.74. The molecule has 17 heavy (non-hydrogen) atoms. The van der Waals surface area contributed by atoms with Gasteiger partial charge < -0.3 is 16.3 Å². The fourth-order valence-electron chi connectivity index (χ4n) is 2.02. The Morgan fingerprint density at radius 3 is 2.71 bits per heavy atom. The third-order valence-corrected chi connectivity index (χ3v) is 3.27. The monoisotopic (exact) mass is 233 g/mol. The molecule has 1 aliphatic carbocycles. The summed E-state index contributed by atoms with van der Waals surface area (Å²) in [5.74, 6) is 0.994. The summed E-state index contributed by atoms with van der Waals surface area (Å²) in [6, 6.07) is 10.8. The van der Waals surface area contributed by atoms with Gasteiger partial charge in [0.05, 0.1) is 0 Å². The molecule has 3 atom stereocenters. The maximum absolute atomic E-state index is 8.67. The molecule has 1 fully saturated rings. The van der Waals surface area contributed by atoms with Crippen LogP contribution < -0.4 is 11.1 Å². The first-order chi connectivity index (χ1) is 8.20. The van der Waals surface area contributed by atoms with E-state index in [1.54, 1.807) is 0 Å². The van der Waals surface area contributed by atoms with Crippen LogP contribution in [0.2, 0.25) is 0 Å². The molecule has 1 aromatic rings. The molecule has 2 rings (SSSR count). The summed E-state index contributed by atoms with van der Waals surface area (Å²) in [5.41, 5.74) is 6.78. The zero-order chi connectivity index (χ0) is 12.3. The molecule has 1 aromatic carbocycles. The lowest BCUT2D eigenvalue weighted by Crippen LogP contribution is -2.29. The Hall–Kier alpha value is -1.55. The van der Waals surface area contributed by atoms with Crippen LogP contribution in [0.3, 0.4) is 0 Å². The number of oxime groups is 1. The first-order valence-corrected chi connectivity index (χ1v) is 5.98. The van der Waals surface area contributed by atoms with Crippen molar-refractivity contribution in [3.8, 4) is 0 Å². The van der Waals surface area contributed by atoms with E-state index in [9.17, 15) is 0 Å². The van der Waals surface area contributed by atoms with Crippen LogP contribution in [0.25, 0.3) is 0 Å². The molecule has 4 nitrogen and oxygen atoms in total. The van der Waals surface area contributed by atoms with Gasteiger partial charge in [0.25, 0.3) is 0 Å². The van der Waals surface area contributed by atoms with Crippen molar-refractivity contribution in [1.82, 2.24) is 5.32 Å². The Morgan fingerprint density at radius 2 is 2.18 bits per heavy atom. The number of nitrogens with zero attached hydrogens (tertiary/aromatic N) is 1. The molecule has 0 aliphatic heterocycles. The zero-order valence-corrected chi connectivity index (χ0v) is 10.0. The summed E-state index contributed by atoms with van der Waals surface area (Å²) < 4.78 is 0. The molecule has 1 saturated carbocycles. The van der Waals surface area contributed by atoms with Gasteiger partial charge in [-0.25, -0.2) is 0 Å². The highest BCUT2D eigenvalue weighted by molar-refractivity contribution is 5.80. The summed E-state index contributed by atoms with van der Waals surface area (Å²) >= 11 is 0. The van der Waals surface area contributed by atoms with Crippen LogP contribution in [-0.2, 0) is 0 Å². The minimum atomic E-state index is 0.127. The standard InChI is InChI=1S/C13H19N3O/c1-9-7-11(9)15-12(8-13(14)16-17)10-5-3-2-4-6-10/h2-6,9,11-12,15,17H,7-8H2,1H3,(H2,14,16). The summed E-state index contributed by atoms with van der Waals surface area (Å²) in [5, 5.41) is 15.3. The molecule has 4 heteroatoms. The quantitative estimate of drug-likeness (QED) is 0.314. The van der Waals surface area contributed by atoms with Gasteiger partial charge in [0.2, 0.25) is 0 Å². The SMILES string of the molecule is CC1CC1NC(C/C(N)=N/O)c1ccccc1. The Kier molecular flexibility index (Phi) is 3.64. The number of nitrogens with one attached hydrogen (secondary N) is 1. The van der Waals surface area contributed by atoms with Crippen molar-refractivity contribution in [3.63, 3.8) is 0 Å². The lowest BCUT2D eigenvalue weighted by atomic mass is 10.0. The Balaban J connectivity index is 2.06. The summed E-state index contributed by atoms with van der Waals surface area (Å²) in [4.78, 5) is 0. The number of hydrogen-bond acceptors (Lipinski definition) is 3. The maximum Gasteiger partial charge on any atom is 0.141 e. The van der Waals surface area contributed by atoms with E-state index in [-0.39, 0.29) is 11.9 Å². The number of amidine groups is 1. The van der Waals surface area contributed by atoms with Gasteiger partial charge in [-0.3, -0.25) is 0 Å². The predicted molar refractivity (Wildman–Crippen MR) is 67.9 cm³/mol. The highest BCUT2D eigenvalue weighted by Crippen LogP contribution is 2.32. The predicted octanol–water partition coefficient (Wildman–Crippen LogP) is 1.86. The summed E-state index contributed by atoms with van der Waals surface area (Å²) in [6.07, 6.45) is 1.74. The van der Waals surface area contributed by atoms with Gasteiger partial charge in [0.15, 0.2) is 0 Å². The fourth-order valence-corrected chi connectivity index (χ4v) is 2.02. The van der Waals surface area contributed by atoms with Crippen LogP contribution >= 0.6 is 0 Å². The average molecular weight is 233 g/mol. The molecule has 0 aromatic heterocycles. The van der Waals surface area contributed by atoms with Gasteiger partial charge in [-0.2, -0.15) is 0 Å². The lowest BCUT2D eigenvalue weighted by Gasteiger charge is -2.18. The number of nitrogens with two attached hydrogens (primary N) is 1. The molecular formula is C13H19N3O. The second-order valence-corrected chi connectivity index (χ2v) is 4.74.